The SMILES string of the molecule is CCn1cc(C(C)NC(=O)c2ccnn2C)c(C)n1. The molecule has 2 heterocycles. The molecule has 0 spiro atoms. The standard InChI is InChI=1S/C13H19N5O/c1-5-18-8-11(10(3)16-18)9(2)15-13(19)12-6-7-14-17(12)4/h6-9H,5H2,1-4H3,(H,15,19). The molecule has 1 unspecified atom stereocenters. The molecule has 1 N–H and O–H groups in total. The third-order valence-electron chi connectivity index (χ3n) is 3.18. The zero-order chi connectivity index (χ0) is 14.0. The van der Waals surface area contributed by atoms with Gasteiger partial charge in [0, 0.05) is 31.5 Å². The summed E-state index contributed by atoms with van der Waals surface area (Å²) >= 11 is 0. The quantitative estimate of drug-likeness (QED) is 0.905. The minimum atomic E-state index is -0.129. The van der Waals surface area contributed by atoms with Crippen molar-refractivity contribution in [1.29, 1.82) is 0 Å². The Kier molecular flexibility index (Phi) is 3.69. The van der Waals surface area contributed by atoms with Gasteiger partial charge in [-0.2, -0.15) is 10.2 Å². The molecule has 6 heteroatoms. The van der Waals surface area contributed by atoms with Crippen molar-refractivity contribution in [3.05, 3.63) is 35.4 Å². The van der Waals surface area contributed by atoms with Crippen molar-refractivity contribution < 1.29 is 4.79 Å². The Hall–Kier alpha value is -2.11. The van der Waals surface area contributed by atoms with E-state index in [1.54, 1.807) is 24.0 Å². The number of carbonyl (C=O) groups is 1. The highest BCUT2D eigenvalue weighted by Crippen LogP contribution is 2.16. The van der Waals surface area contributed by atoms with Gasteiger partial charge in [0.05, 0.1) is 11.7 Å². The Morgan fingerprint density at radius 1 is 1.53 bits per heavy atom. The van der Waals surface area contributed by atoms with Gasteiger partial charge < -0.3 is 5.32 Å². The monoisotopic (exact) mass is 261 g/mol. The predicted octanol–water partition coefficient (Wildman–Crippen LogP) is 1.44. The number of nitrogens with one attached hydrogen (secondary N) is 1. The maximum absolute atomic E-state index is 12.1. The van der Waals surface area contributed by atoms with Crippen LogP contribution in [0, 0.1) is 6.92 Å². The minimum Gasteiger partial charge on any atom is -0.344 e. The molecule has 1 atom stereocenters. The first kappa shape index (κ1) is 13.3. The highest BCUT2D eigenvalue weighted by molar-refractivity contribution is 5.92. The molecular weight excluding hydrogens is 242 g/mol. The number of aromatic nitrogens is 4. The molecule has 0 saturated heterocycles. The summed E-state index contributed by atoms with van der Waals surface area (Å²) in [7, 11) is 1.75. The highest BCUT2D eigenvalue weighted by atomic mass is 16.2. The summed E-state index contributed by atoms with van der Waals surface area (Å²) in [6, 6.07) is 1.62. The Labute approximate surface area is 112 Å². The van der Waals surface area contributed by atoms with E-state index < -0.39 is 0 Å². The second-order valence-electron chi connectivity index (χ2n) is 4.56. The van der Waals surface area contributed by atoms with Gasteiger partial charge in [0.15, 0.2) is 0 Å². The van der Waals surface area contributed by atoms with E-state index >= 15 is 0 Å². The fourth-order valence-corrected chi connectivity index (χ4v) is 2.07. The van der Waals surface area contributed by atoms with Crippen LogP contribution in [0.2, 0.25) is 0 Å². The number of carbonyl (C=O) groups excluding carboxylic acids is 1. The van der Waals surface area contributed by atoms with E-state index in [0.29, 0.717) is 5.69 Å². The summed E-state index contributed by atoms with van der Waals surface area (Å²) < 4.78 is 3.43. The average Bonchev–Trinajstić information content (AvgIpc) is 2.95. The summed E-state index contributed by atoms with van der Waals surface area (Å²) in [6.07, 6.45) is 3.59. The van der Waals surface area contributed by atoms with Gasteiger partial charge in [-0.15, -0.1) is 0 Å². The van der Waals surface area contributed by atoms with Crippen LogP contribution in [0.25, 0.3) is 0 Å². The van der Waals surface area contributed by atoms with Crippen LogP contribution in [-0.4, -0.2) is 25.5 Å². The van der Waals surface area contributed by atoms with Crippen molar-refractivity contribution in [1.82, 2.24) is 24.9 Å². The number of nitrogens with zero attached hydrogens (tertiary/aromatic N) is 4. The van der Waals surface area contributed by atoms with Crippen LogP contribution in [-0.2, 0) is 13.6 Å². The van der Waals surface area contributed by atoms with Crippen LogP contribution in [0.4, 0.5) is 0 Å². The smallest absolute Gasteiger partial charge is 0.270 e. The van der Waals surface area contributed by atoms with Crippen LogP contribution in [0.5, 0.6) is 0 Å². The van der Waals surface area contributed by atoms with Gasteiger partial charge in [0.25, 0.3) is 5.91 Å². The van der Waals surface area contributed by atoms with Crippen LogP contribution in [0.3, 0.4) is 0 Å². The third kappa shape index (κ3) is 2.67. The van der Waals surface area contributed by atoms with Gasteiger partial charge in [-0.1, -0.05) is 0 Å². The van der Waals surface area contributed by atoms with E-state index in [1.807, 2.05) is 31.6 Å². The van der Waals surface area contributed by atoms with Crippen LogP contribution < -0.4 is 5.32 Å². The normalized spacial score (nSPS) is 12.4. The molecular formula is C13H19N5O. The Balaban J connectivity index is 2.12. The summed E-state index contributed by atoms with van der Waals surface area (Å²) in [4.78, 5) is 12.1. The molecule has 1 amide bonds. The predicted molar refractivity (Wildman–Crippen MR) is 71.7 cm³/mol. The van der Waals surface area contributed by atoms with Gasteiger partial charge in [0.1, 0.15) is 5.69 Å². The number of hydrogen-bond donors (Lipinski definition) is 1. The van der Waals surface area contributed by atoms with Gasteiger partial charge in [-0.3, -0.25) is 14.2 Å². The van der Waals surface area contributed by atoms with Crippen molar-refractivity contribution in [3.8, 4) is 0 Å². The van der Waals surface area contributed by atoms with Crippen LogP contribution >= 0.6 is 0 Å². The average molecular weight is 261 g/mol. The van der Waals surface area contributed by atoms with Crippen molar-refractivity contribution in [3.63, 3.8) is 0 Å². The first-order valence-corrected chi connectivity index (χ1v) is 6.35. The summed E-state index contributed by atoms with van der Waals surface area (Å²) in [5.41, 5.74) is 2.53. The molecule has 0 aliphatic rings. The first-order valence-electron chi connectivity index (χ1n) is 6.35. The maximum atomic E-state index is 12.1. The second kappa shape index (κ2) is 5.26. The third-order valence-corrected chi connectivity index (χ3v) is 3.18. The lowest BCUT2D eigenvalue weighted by Gasteiger charge is -2.13. The molecule has 0 fully saturated rings. The molecule has 0 bridgehead atoms. The van der Waals surface area contributed by atoms with E-state index in [-0.39, 0.29) is 11.9 Å². The molecule has 19 heavy (non-hydrogen) atoms. The summed E-state index contributed by atoms with van der Waals surface area (Å²) in [5.74, 6) is -0.129. The van der Waals surface area contributed by atoms with E-state index in [9.17, 15) is 4.79 Å². The van der Waals surface area contributed by atoms with Crippen molar-refractivity contribution >= 4 is 5.91 Å². The van der Waals surface area contributed by atoms with Gasteiger partial charge in [-0.05, 0) is 26.8 Å². The Morgan fingerprint density at radius 3 is 2.79 bits per heavy atom. The molecule has 0 saturated carbocycles. The number of hydrogen-bond acceptors (Lipinski definition) is 3. The zero-order valence-corrected chi connectivity index (χ0v) is 11.7. The Morgan fingerprint density at radius 2 is 2.26 bits per heavy atom. The van der Waals surface area contributed by atoms with Gasteiger partial charge in [0.2, 0.25) is 0 Å². The van der Waals surface area contributed by atoms with E-state index in [2.05, 4.69) is 15.5 Å². The van der Waals surface area contributed by atoms with E-state index in [0.717, 1.165) is 17.8 Å². The zero-order valence-electron chi connectivity index (χ0n) is 11.7. The van der Waals surface area contributed by atoms with Crippen molar-refractivity contribution in [2.75, 3.05) is 0 Å². The van der Waals surface area contributed by atoms with Gasteiger partial charge in [-0.25, -0.2) is 0 Å². The van der Waals surface area contributed by atoms with Gasteiger partial charge >= 0.3 is 0 Å². The molecule has 0 aliphatic carbocycles. The van der Waals surface area contributed by atoms with E-state index in [4.69, 9.17) is 0 Å². The fraction of sp³-hybridized carbons (Fsp3) is 0.462. The highest BCUT2D eigenvalue weighted by Gasteiger charge is 2.17. The number of amides is 1. The fourth-order valence-electron chi connectivity index (χ4n) is 2.07. The maximum Gasteiger partial charge on any atom is 0.270 e. The first-order chi connectivity index (χ1) is 9.02. The topological polar surface area (TPSA) is 64.7 Å². The molecule has 0 radical (unpaired) electrons. The molecule has 2 aromatic rings. The molecule has 0 aliphatic heterocycles. The minimum absolute atomic E-state index is 0.0808. The summed E-state index contributed by atoms with van der Waals surface area (Å²) in [6.45, 7) is 6.77. The Bertz CT molecular complexity index is 584. The molecule has 2 aromatic heterocycles. The molecule has 2 rings (SSSR count). The lowest BCUT2D eigenvalue weighted by molar-refractivity contribution is 0.0930. The van der Waals surface area contributed by atoms with Crippen molar-refractivity contribution in [2.45, 2.75) is 33.4 Å². The van der Waals surface area contributed by atoms with E-state index in [1.165, 1.54) is 0 Å². The number of rotatable bonds is 4. The van der Waals surface area contributed by atoms with Crippen LogP contribution in [0.1, 0.15) is 41.6 Å². The molecule has 102 valence electrons. The second-order valence-corrected chi connectivity index (χ2v) is 4.56. The lowest BCUT2D eigenvalue weighted by atomic mass is 10.1. The largest absolute Gasteiger partial charge is 0.344 e. The number of aryl methyl sites for hydroxylation is 3. The molecule has 0 aromatic carbocycles. The summed E-state index contributed by atoms with van der Waals surface area (Å²) in [5, 5.41) is 11.3. The lowest BCUT2D eigenvalue weighted by Crippen LogP contribution is -2.28. The molecule has 6 nitrogen and oxygen atoms in total. The van der Waals surface area contributed by atoms with Crippen LogP contribution in [0.15, 0.2) is 18.5 Å². The van der Waals surface area contributed by atoms with Crippen molar-refractivity contribution in [2.24, 2.45) is 7.05 Å².